The first-order valence-corrected chi connectivity index (χ1v) is 5.02. The summed E-state index contributed by atoms with van der Waals surface area (Å²) in [6, 6.07) is 3.66. The van der Waals surface area contributed by atoms with Crippen LogP contribution in [0.15, 0.2) is 18.3 Å². The zero-order valence-corrected chi connectivity index (χ0v) is 9.47. The number of rotatable bonds is 5. The van der Waals surface area contributed by atoms with Gasteiger partial charge in [-0.3, -0.25) is 9.69 Å². The number of carbonyl (C=O) groups is 1. The van der Waals surface area contributed by atoms with Crippen LogP contribution < -0.4 is 0 Å². The van der Waals surface area contributed by atoms with E-state index in [2.05, 4.69) is 0 Å². The van der Waals surface area contributed by atoms with E-state index in [0.29, 0.717) is 12.2 Å². The van der Waals surface area contributed by atoms with Gasteiger partial charge in [-0.2, -0.15) is 0 Å². The second-order valence-electron chi connectivity index (χ2n) is 3.87. The van der Waals surface area contributed by atoms with Crippen LogP contribution in [0.5, 0.6) is 0 Å². The van der Waals surface area contributed by atoms with Crippen LogP contribution in [0.25, 0.3) is 0 Å². The highest BCUT2D eigenvalue weighted by molar-refractivity contribution is 5.96. The maximum absolute atomic E-state index is 11.8. The minimum Gasteiger partial charge on any atom is -0.395 e. The standard InChI is InChI=1S/C11H18N2O2/c1-9(8-14)13(3)7-11(15)10-5-4-6-12(10)2/h4-6,9,14H,7-8H2,1-3H3. The van der Waals surface area contributed by atoms with Crippen LogP contribution in [0.1, 0.15) is 17.4 Å². The number of likely N-dealkylation sites (N-methyl/N-ethyl adjacent to an activating group) is 1. The molecule has 0 aliphatic rings. The molecule has 1 unspecified atom stereocenters. The lowest BCUT2D eigenvalue weighted by Crippen LogP contribution is -2.36. The summed E-state index contributed by atoms with van der Waals surface area (Å²) in [7, 11) is 3.68. The normalized spacial score (nSPS) is 13.1. The molecule has 1 atom stereocenters. The van der Waals surface area contributed by atoms with E-state index < -0.39 is 0 Å². The van der Waals surface area contributed by atoms with E-state index in [4.69, 9.17) is 5.11 Å². The summed E-state index contributed by atoms with van der Waals surface area (Å²) in [5, 5.41) is 8.95. The quantitative estimate of drug-likeness (QED) is 0.721. The van der Waals surface area contributed by atoms with Gasteiger partial charge < -0.3 is 9.67 Å². The highest BCUT2D eigenvalue weighted by Gasteiger charge is 2.15. The van der Waals surface area contributed by atoms with Crippen molar-refractivity contribution in [2.45, 2.75) is 13.0 Å². The molecule has 4 nitrogen and oxygen atoms in total. The van der Waals surface area contributed by atoms with Gasteiger partial charge in [0.25, 0.3) is 0 Å². The van der Waals surface area contributed by atoms with Gasteiger partial charge in [0.1, 0.15) is 0 Å². The van der Waals surface area contributed by atoms with Crippen molar-refractivity contribution in [3.8, 4) is 0 Å². The van der Waals surface area contributed by atoms with Crippen LogP contribution in [0.4, 0.5) is 0 Å². The molecule has 0 radical (unpaired) electrons. The van der Waals surface area contributed by atoms with Gasteiger partial charge in [0.05, 0.1) is 18.8 Å². The van der Waals surface area contributed by atoms with Gasteiger partial charge in [-0.25, -0.2) is 0 Å². The summed E-state index contributed by atoms with van der Waals surface area (Å²) < 4.78 is 1.81. The Morgan fingerprint density at radius 2 is 2.33 bits per heavy atom. The number of carbonyl (C=O) groups excluding carboxylic acids is 1. The molecular formula is C11H18N2O2. The number of ketones is 1. The van der Waals surface area contributed by atoms with Crippen molar-refractivity contribution in [3.05, 3.63) is 24.0 Å². The topological polar surface area (TPSA) is 45.5 Å². The molecule has 0 saturated carbocycles. The summed E-state index contributed by atoms with van der Waals surface area (Å²) in [6.45, 7) is 2.29. The molecule has 0 saturated heterocycles. The molecule has 15 heavy (non-hydrogen) atoms. The molecule has 0 aliphatic heterocycles. The number of hydrogen-bond donors (Lipinski definition) is 1. The second kappa shape index (κ2) is 5.09. The molecule has 0 fully saturated rings. The average Bonchev–Trinajstić information content (AvgIpc) is 2.63. The van der Waals surface area contributed by atoms with Crippen molar-refractivity contribution >= 4 is 5.78 Å². The van der Waals surface area contributed by atoms with E-state index in [1.807, 2.05) is 38.2 Å². The van der Waals surface area contributed by atoms with E-state index in [1.165, 1.54) is 0 Å². The molecule has 1 heterocycles. The average molecular weight is 210 g/mol. The zero-order chi connectivity index (χ0) is 11.4. The van der Waals surface area contributed by atoms with E-state index in [1.54, 1.807) is 10.6 Å². The number of hydrogen-bond acceptors (Lipinski definition) is 3. The highest BCUT2D eigenvalue weighted by Crippen LogP contribution is 2.03. The third-order valence-corrected chi connectivity index (χ3v) is 2.64. The molecule has 1 rings (SSSR count). The maximum atomic E-state index is 11.8. The molecule has 1 N–H and O–H groups in total. The van der Waals surface area contributed by atoms with Crippen LogP contribution in [0.3, 0.4) is 0 Å². The summed E-state index contributed by atoms with van der Waals surface area (Å²) in [5.41, 5.74) is 0.701. The highest BCUT2D eigenvalue weighted by atomic mass is 16.3. The van der Waals surface area contributed by atoms with E-state index in [9.17, 15) is 4.79 Å². The third-order valence-electron chi connectivity index (χ3n) is 2.64. The number of nitrogens with zero attached hydrogens (tertiary/aromatic N) is 2. The lowest BCUT2D eigenvalue weighted by atomic mass is 10.2. The Balaban J connectivity index is 2.60. The van der Waals surface area contributed by atoms with E-state index in [-0.39, 0.29) is 18.4 Å². The fourth-order valence-electron chi connectivity index (χ4n) is 1.35. The molecule has 0 amide bonds. The van der Waals surface area contributed by atoms with Gasteiger partial charge in [0.2, 0.25) is 0 Å². The SMILES string of the molecule is CC(CO)N(C)CC(=O)c1cccn1C. The molecule has 84 valence electrons. The van der Waals surface area contributed by atoms with Crippen LogP contribution in [-0.4, -0.2) is 46.6 Å². The Hall–Kier alpha value is -1.13. The van der Waals surface area contributed by atoms with Crippen molar-refractivity contribution in [2.75, 3.05) is 20.2 Å². The third kappa shape index (κ3) is 2.91. The number of Topliss-reactive ketones (excluding diaryl/α,β-unsaturated/α-hetero) is 1. The summed E-state index contributed by atoms with van der Waals surface area (Å²) >= 11 is 0. The van der Waals surface area contributed by atoms with Gasteiger partial charge in [-0.1, -0.05) is 0 Å². The van der Waals surface area contributed by atoms with Crippen molar-refractivity contribution in [2.24, 2.45) is 7.05 Å². The van der Waals surface area contributed by atoms with Crippen LogP contribution >= 0.6 is 0 Å². The zero-order valence-electron chi connectivity index (χ0n) is 9.47. The summed E-state index contributed by atoms with van der Waals surface area (Å²) in [5.74, 6) is 0.0744. The van der Waals surface area contributed by atoms with Gasteiger partial charge in [0.15, 0.2) is 5.78 Å². The molecule has 0 bridgehead atoms. The number of aliphatic hydroxyl groups is 1. The number of aryl methyl sites for hydroxylation is 1. The van der Waals surface area contributed by atoms with E-state index in [0.717, 1.165) is 0 Å². The minimum atomic E-state index is 0.00854. The summed E-state index contributed by atoms with van der Waals surface area (Å²) in [6.07, 6.45) is 1.85. The lowest BCUT2D eigenvalue weighted by molar-refractivity contribution is 0.0882. The van der Waals surface area contributed by atoms with Crippen molar-refractivity contribution in [1.82, 2.24) is 9.47 Å². The summed E-state index contributed by atoms with van der Waals surface area (Å²) in [4.78, 5) is 13.7. The smallest absolute Gasteiger partial charge is 0.193 e. The minimum absolute atomic E-state index is 0.00854. The van der Waals surface area contributed by atoms with Gasteiger partial charge in [-0.05, 0) is 26.1 Å². The van der Waals surface area contributed by atoms with Crippen LogP contribution in [0.2, 0.25) is 0 Å². The predicted molar refractivity (Wildman–Crippen MR) is 58.9 cm³/mol. The first-order chi connectivity index (χ1) is 7.06. The molecule has 0 aliphatic carbocycles. The second-order valence-corrected chi connectivity index (χ2v) is 3.87. The lowest BCUT2D eigenvalue weighted by Gasteiger charge is -2.21. The number of aliphatic hydroxyl groups excluding tert-OH is 1. The predicted octanol–water partition coefficient (Wildman–Crippen LogP) is 0.520. The Bertz CT molecular complexity index is 333. The number of aromatic nitrogens is 1. The van der Waals surface area contributed by atoms with Crippen molar-refractivity contribution in [1.29, 1.82) is 0 Å². The fourth-order valence-corrected chi connectivity index (χ4v) is 1.35. The Kier molecular flexibility index (Phi) is 4.05. The molecule has 1 aromatic heterocycles. The molecule has 0 spiro atoms. The largest absolute Gasteiger partial charge is 0.395 e. The molecule has 1 aromatic rings. The Morgan fingerprint density at radius 3 is 2.80 bits per heavy atom. The first-order valence-electron chi connectivity index (χ1n) is 5.02. The molecule has 0 aromatic carbocycles. The Morgan fingerprint density at radius 1 is 1.67 bits per heavy atom. The fraction of sp³-hybridized carbons (Fsp3) is 0.545. The monoisotopic (exact) mass is 210 g/mol. The van der Waals surface area contributed by atoms with Crippen LogP contribution in [-0.2, 0) is 7.05 Å². The maximum Gasteiger partial charge on any atom is 0.193 e. The molecule has 4 heteroatoms. The van der Waals surface area contributed by atoms with Gasteiger partial charge in [0, 0.05) is 19.3 Å². The van der Waals surface area contributed by atoms with Crippen molar-refractivity contribution < 1.29 is 9.90 Å². The van der Waals surface area contributed by atoms with Gasteiger partial charge >= 0.3 is 0 Å². The molecular weight excluding hydrogens is 192 g/mol. The van der Waals surface area contributed by atoms with Crippen LogP contribution in [0, 0.1) is 0 Å². The first kappa shape index (κ1) is 11.9. The van der Waals surface area contributed by atoms with Crippen molar-refractivity contribution in [3.63, 3.8) is 0 Å². The van der Waals surface area contributed by atoms with Gasteiger partial charge in [-0.15, -0.1) is 0 Å². The van der Waals surface area contributed by atoms with E-state index >= 15 is 0 Å². The Labute approximate surface area is 90.1 Å².